The Labute approximate surface area is 130 Å². The maximum atomic E-state index is 11.9. The molecule has 0 N–H and O–H groups in total. The Hall–Kier alpha value is -0.970. The van der Waals surface area contributed by atoms with Gasteiger partial charge in [0.15, 0.2) is 0 Å². The second kappa shape index (κ2) is 6.46. The van der Waals surface area contributed by atoms with E-state index in [1.807, 2.05) is 24.3 Å². The largest absolute Gasteiger partial charge is 0.457 e. The fraction of sp³-hybridized carbons (Fsp3) is 0.0714. The van der Waals surface area contributed by atoms with Crippen LogP contribution in [0.2, 0.25) is 5.02 Å². The van der Waals surface area contributed by atoms with Crippen LogP contribution in [-0.2, 0) is 11.3 Å². The normalized spacial score (nSPS) is 10.3. The second-order valence-electron chi connectivity index (χ2n) is 3.87. The van der Waals surface area contributed by atoms with Crippen LogP contribution in [0, 0.1) is 0 Å². The van der Waals surface area contributed by atoms with E-state index in [0.29, 0.717) is 15.5 Å². The highest BCUT2D eigenvalue weighted by molar-refractivity contribution is 9.10. The van der Waals surface area contributed by atoms with E-state index < -0.39 is 5.97 Å². The maximum Gasteiger partial charge on any atom is 0.340 e. The summed E-state index contributed by atoms with van der Waals surface area (Å²) >= 11 is 13.5. The van der Waals surface area contributed by atoms with Gasteiger partial charge in [0.2, 0.25) is 0 Å². The smallest absolute Gasteiger partial charge is 0.340 e. The SMILES string of the molecule is O=C(OCc1cccc(Br)c1)c1cc(S)ccc1Cl. The van der Waals surface area contributed by atoms with Crippen LogP contribution >= 0.6 is 40.2 Å². The molecular weight excluding hydrogens is 348 g/mol. The third-order valence-corrected chi connectivity index (χ3v) is 3.53. The molecule has 0 amide bonds. The minimum absolute atomic E-state index is 0.200. The van der Waals surface area contributed by atoms with Gasteiger partial charge in [0, 0.05) is 9.37 Å². The summed E-state index contributed by atoms with van der Waals surface area (Å²) in [7, 11) is 0. The molecule has 0 aliphatic rings. The number of benzene rings is 2. The Morgan fingerprint density at radius 3 is 2.79 bits per heavy atom. The summed E-state index contributed by atoms with van der Waals surface area (Å²) in [4.78, 5) is 12.6. The number of hydrogen-bond donors (Lipinski definition) is 1. The van der Waals surface area contributed by atoms with Gasteiger partial charge in [-0.2, -0.15) is 0 Å². The van der Waals surface area contributed by atoms with Crippen molar-refractivity contribution in [3.05, 3.63) is 63.1 Å². The van der Waals surface area contributed by atoms with E-state index in [4.69, 9.17) is 16.3 Å². The fourth-order valence-corrected chi connectivity index (χ4v) is 2.37. The molecule has 19 heavy (non-hydrogen) atoms. The van der Waals surface area contributed by atoms with Crippen molar-refractivity contribution >= 4 is 46.1 Å². The van der Waals surface area contributed by atoms with Gasteiger partial charge in [-0.3, -0.25) is 0 Å². The first-order chi connectivity index (χ1) is 9.06. The molecule has 2 aromatic carbocycles. The number of ether oxygens (including phenoxy) is 1. The predicted octanol–water partition coefficient (Wildman–Crippen LogP) is 4.75. The molecule has 0 unspecified atom stereocenters. The molecule has 2 nitrogen and oxygen atoms in total. The van der Waals surface area contributed by atoms with Gasteiger partial charge in [0.05, 0.1) is 10.6 Å². The molecule has 2 rings (SSSR count). The lowest BCUT2D eigenvalue weighted by Crippen LogP contribution is -2.06. The Morgan fingerprint density at radius 1 is 1.26 bits per heavy atom. The number of esters is 1. The third-order valence-electron chi connectivity index (χ3n) is 2.43. The summed E-state index contributed by atoms with van der Waals surface area (Å²) in [5.74, 6) is -0.458. The van der Waals surface area contributed by atoms with Crippen LogP contribution in [0.1, 0.15) is 15.9 Å². The van der Waals surface area contributed by atoms with Crippen molar-refractivity contribution in [1.29, 1.82) is 0 Å². The molecule has 0 aromatic heterocycles. The highest BCUT2D eigenvalue weighted by Gasteiger charge is 2.12. The molecule has 0 radical (unpaired) electrons. The first kappa shape index (κ1) is 14.4. The molecule has 0 saturated heterocycles. The average molecular weight is 358 g/mol. The number of halogens is 2. The van der Waals surface area contributed by atoms with E-state index in [9.17, 15) is 4.79 Å². The molecule has 2 aromatic rings. The summed E-state index contributed by atoms with van der Waals surface area (Å²) in [6, 6.07) is 12.5. The topological polar surface area (TPSA) is 26.3 Å². The highest BCUT2D eigenvalue weighted by Crippen LogP contribution is 2.21. The van der Waals surface area contributed by atoms with E-state index >= 15 is 0 Å². The maximum absolute atomic E-state index is 11.9. The van der Waals surface area contributed by atoms with Gasteiger partial charge < -0.3 is 4.74 Å². The van der Waals surface area contributed by atoms with Crippen molar-refractivity contribution in [2.45, 2.75) is 11.5 Å². The highest BCUT2D eigenvalue weighted by atomic mass is 79.9. The summed E-state index contributed by atoms with van der Waals surface area (Å²) in [6.45, 7) is 0.200. The molecule has 0 fully saturated rings. The van der Waals surface area contributed by atoms with E-state index in [-0.39, 0.29) is 6.61 Å². The van der Waals surface area contributed by atoms with E-state index in [0.717, 1.165) is 10.0 Å². The zero-order valence-electron chi connectivity index (χ0n) is 9.77. The molecule has 0 aliphatic carbocycles. The fourth-order valence-electron chi connectivity index (χ4n) is 1.52. The Kier molecular flexibility index (Phi) is 4.91. The van der Waals surface area contributed by atoms with E-state index in [1.54, 1.807) is 18.2 Å². The van der Waals surface area contributed by atoms with Crippen LogP contribution in [0.3, 0.4) is 0 Å². The first-order valence-corrected chi connectivity index (χ1v) is 7.08. The van der Waals surface area contributed by atoms with Gasteiger partial charge in [-0.05, 0) is 35.9 Å². The van der Waals surface area contributed by atoms with Gasteiger partial charge in [-0.15, -0.1) is 12.6 Å². The Balaban J connectivity index is 2.07. The summed E-state index contributed by atoms with van der Waals surface area (Å²) in [5.41, 5.74) is 1.23. The van der Waals surface area contributed by atoms with Gasteiger partial charge in [0.25, 0.3) is 0 Å². The third kappa shape index (κ3) is 4.00. The Bertz CT molecular complexity index is 616. The van der Waals surface area contributed by atoms with Crippen molar-refractivity contribution in [1.82, 2.24) is 0 Å². The molecule has 5 heteroatoms. The lowest BCUT2D eigenvalue weighted by molar-refractivity contribution is 0.0472. The van der Waals surface area contributed by atoms with E-state index in [1.165, 1.54) is 0 Å². The summed E-state index contributed by atoms with van der Waals surface area (Å²) in [5, 5.41) is 0.358. The lowest BCUT2D eigenvalue weighted by atomic mass is 10.2. The van der Waals surface area contributed by atoms with Crippen molar-refractivity contribution in [2.24, 2.45) is 0 Å². The zero-order valence-corrected chi connectivity index (χ0v) is 13.0. The molecule has 0 bridgehead atoms. The van der Waals surface area contributed by atoms with Crippen LogP contribution in [0.25, 0.3) is 0 Å². The van der Waals surface area contributed by atoms with Crippen LogP contribution in [0.4, 0.5) is 0 Å². The van der Waals surface area contributed by atoms with E-state index in [2.05, 4.69) is 28.6 Å². The monoisotopic (exact) mass is 356 g/mol. The zero-order chi connectivity index (χ0) is 13.8. The van der Waals surface area contributed by atoms with Crippen molar-refractivity contribution in [3.8, 4) is 0 Å². The summed E-state index contributed by atoms with van der Waals surface area (Å²) in [6.07, 6.45) is 0. The van der Waals surface area contributed by atoms with Crippen LogP contribution in [-0.4, -0.2) is 5.97 Å². The number of carbonyl (C=O) groups excluding carboxylic acids is 1. The molecule has 0 atom stereocenters. The molecule has 0 aliphatic heterocycles. The molecule has 0 spiro atoms. The standard InChI is InChI=1S/C14H10BrClO2S/c15-10-3-1-2-9(6-10)8-18-14(17)12-7-11(19)4-5-13(12)16/h1-7,19H,8H2. The number of hydrogen-bond acceptors (Lipinski definition) is 3. The first-order valence-electron chi connectivity index (χ1n) is 5.46. The Morgan fingerprint density at radius 2 is 2.05 bits per heavy atom. The van der Waals surface area contributed by atoms with Crippen LogP contribution in [0.15, 0.2) is 51.8 Å². The number of rotatable bonds is 3. The summed E-state index contributed by atoms with van der Waals surface area (Å²) < 4.78 is 6.17. The van der Waals surface area contributed by atoms with Crippen LogP contribution in [0.5, 0.6) is 0 Å². The van der Waals surface area contributed by atoms with Gasteiger partial charge in [-0.25, -0.2) is 4.79 Å². The predicted molar refractivity (Wildman–Crippen MR) is 82.0 cm³/mol. The van der Waals surface area contributed by atoms with Crippen LogP contribution < -0.4 is 0 Å². The molecule has 98 valence electrons. The van der Waals surface area contributed by atoms with Crippen molar-refractivity contribution < 1.29 is 9.53 Å². The van der Waals surface area contributed by atoms with Crippen molar-refractivity contribution in [3.63, 3.8) is 0 Å². The van der Waals surface area contributed by atoms with Gasteiger partial charge in [0.1, 0.15) is 6.61 Å². The molecular formula is C14H10BrClO2S. The molecule has 0 heterocycles. The lowest BCUT2D eigenvalue weighted by Gasteiger charge is -2.07. The average Bonchev–Trinajstić information content (AvgIpc) is 2.39. The minimum atomic E-state index is -0.458. The van der Waals surface area contributed by atoms with Gasteiger partial charge >= 0.3 is 5.97 Å². The molecule has 0 saturated carbocycles. The van der Waals surface area contributed by atoms with Crippen molar-refractivity contribution in [2.75, 3.05) is 0 Å². The number of carbonyl (C=O) groups is 1. The minimum Gasteiger partial charge on any atom is -0.457 e. The number of thiol groups is 1. The van der Waals surface area contributed by atoms with Gasteiger partial charge in [-0.1, -0.05) is 39.7 Å². The second-order valence-corrected chi connectivity index (χ2v) is 5.71. The quantitative estimate of drug-likeness (QED) is 0.634.